The van der Waals surface area contributed by atoms with Crippen molar-refractivity contribution < 1.29 is 14.3 Å². The number of aliphatic hydroxyl groups excluding tert-OH is 1. The molecular weight excluding hydrogens is 223 g/mol. The molecule has 17 heavy (non-hydrogen) atoms. The van der Waals surface area contributed by atoms with Gasteiger partial charge in [0.25, 0.3) is 0 Å². The minimum atomic E-state index is -0.296. The summed E-state index contributed by atoms with van der Waals surface area (Å²) in [6.45, 7) is 0.865. The molecule has 0 aliphatic carbocycles. The number of nitrogens with one attached hydrogen (secondary N) is 2. The number of urea groups is 1. The highest BCUT2D eigenvalue weighted by Crippen LogP contribution is 2.05. The molecule has 0 spiro atoms. The maximum atomic E-state index is 13.2. The molecule has 0 aliphatic heterocycles. The van der Waals surface area contributed by atoms with E-state index in [0.29, 0.717) is 31.5 Å². The summed E-state index contributed by atoms with van der Waals surface area (Å²) in [5.41, 5.74) is 0.586. The second kappa shape index (κ2) is 7.62. The molecule has 0 saturated carbocycles. The van der Waals surface area contributed by atoms with E-state index in [4.69, 9.17) is 5.11 Å². The second-order valence-corrected chi connectivity index (χ2v) is 3.60. The first kappa shape index (κ1) is 13.4. The van der Waals surface area contributed by atoms with Crippen LogP contribution in [0.4, 0.5) is 9.18 Å². The van der Waals surface area contributed by atoms with E-state index < -0.39 is 0 Å². The minimum absolute atomic E-state index is 0.0511. The molecule has 0 bridgehead atoms. The van der Waals surface area contributed by atoms with E-state index in [0.717, 1.165) is 0 Å². The van der Waals surface area contributed by atoms with Crippen molar-refractivity contribution in [3.05, 3.63) is 35.6 Å². The van der Waals surface area contributed by atoms with Gasteiger partial charge in [-0.2, -0.15) is 0 Å². The Morgan fingerprint density at radius 2 is 1.94 bits per heavy atom. The van der Waals surface area contributed by atoms with Gasteiger partial charge in [-0.1, -0.05) is 18.2 Å². The highest BCUT2D eigenvalue weighted by Gasteiger charge is 2.02. The van der Waals surface area contributed by atoms with E-state index in [1.165, 1.54) is 6.07 Å². The summed E-state index contributed by atoms with van der Waals surface area (Å²) in [7, 11) is 0. The molecule has 4 nitrogen and oxygen atoms in total. The van der Waals surface area contributed by atoms with Gasteiger partial charge in [0.15, 0.2) is 0 Å². The fourth-order valence-electron chi connectivity index (χ4n) is 1.36. The van der Waals surface area contributed by atoms with Gasteiger partial charge in [0.1, 0.15) is 5.82 Å². The Morgan fingerprint density at radius 1 is 1.24 bits per heavy atom. The lowest BCUT2D eigenvalue weighted by atomic mass is 10.1. The van der Waals surface area contributed by atoms with Gasteiger partial charge in [-0.3, -0.25) is 0 Å². The average Bonchev–Trinajstić information content (AvgIpc) is 2.32. The summed E-state index contributed by atoms with van der Waals surface area (Å²) < 4.78 is 13.2. The smallest absolute Gasteiger partial charge is 0.314 e. The van der Waals surface area contributed by atoms with Crippen LogP contribution < -0.4 is 10.6 Å². The van der Waals surface area contributed by atoms with E-state index in [1.807, 2.05) is 0 Å². The molecule has 1 aromatic rings. The number of rotatable bonds is 6. The lowest BCUT2D eigenvalue weighted by molar-refractivity contribution is 0.238. The third kappa shape index (κ3) is 5.31. The van der Waals surface area contributed by atoms with E-state index in [1.54, 1.807) is 18.2 Å². The molecule has 0 unspecified atom stereocenters. The molecule has 0 saturated heterocycles. The lowest BCUT2D eigenvalue weighted by Crippen LogP contribution is -2.37. The Balaban J connectivity index is 2.19. The van der Waals surface area contributed by atoms with E-state index in [2.05, 4.69) is 10.6 Å². The topological polar surface area (TPSA) is 61.4 Å². The third-order valence-electron chi connectivity index (χ3n) is 2.26. The van der Waals surface area contributed by atoms with Gasteiger partial charge in [-0.05, 0) is 24.5 Å². The van der Waals surface area contributed by atoms with Crippen molar-refractivity contribution >= 4 is 6.03 Å². The molecule has 2 amide bonds. The third-order valence-corrected chi connectivity index (χ3v) is 2.26. The summed E-state index contributed by atoms with van der Waals surface area (Å²) in [5.74, 6) is -0.255. The Morgan fingerprint density at radius 3 is 2.65 bits per heavy atom. The van der Waals surface area contributed by atoms with Gasteiger partial charge in [0.2, 0.25) is 0 Å². The van der Waals surface area contributed by atoms with Crippen molar-refractivity contribution in [2.45, 2.75) is 12.8 Å². The zero-order valence-electron chi connectivity index (χ0n) is 9.58. The van der Waals surface area contributed by atoms with Crippen LogP contribution in [0.25, 0.3) is 0 Å². The predicted molar refractivity (Wildman–Crippen MR) is 63.2 cm³/mol. The van der Waals surface area contributed by atoms with Gasteiger partial charge < -0.3 is 15.7 Å². The maximum absolute atomic E-state index is 13.2. The molecule has 0 aromatic heterocycles. The van der Waals surface area contributed by atoms with Gasteiger partial charge in [-0.25, -0.2) is 9.18 Å². The fraction of sp³-hybridized carbons (Fsp3) is 0.417. The van der Waals surface area contributed by atoms with Crippen LogP contribution >= 0.6 is 0 Å². The van der Waals surface area contributed by atoms with Crippen molar-refractivity contribution in [3.8, 4) is 0 Å². The summed E-state index contributed by atoms with van der Waals surface area (Å²) in [6.07, 6.45) is 0.987. The van der Waals surface area contributed by atoms with Gasteiger partial charge in [0.05, 0.1) is 0 Å². The summed E-state index contributed by atoms with van der Waals surface area (Å²) in [4.78, 5) is 11.2. The van der Waals surface area contributed by atoms with Crippen molar-refractivity contribution in [2.75, 3.05) is 19.7 Å². The molecule has 0 radical (unpaired) electrons. The summed E-state index contributed by atoms with van der Waals surface area (Å²) in [5, 5.41) is 13.7. The number of hydrogen-bond acceptors (Lipinski definition) is 2. The van der Waals surface area contributed by atoms with Crippen LogP contribution in [0.5, 0.6) is 0 Å². The summed E-state index contributed by atoms with van der Waals surface area (Å²) >= 11 is 0. The van der Waals surface area contributed by atoms with Crippen molar-refractivity contribution in [1.29, 1.82) is 0 Å². The van der Waals surface area contributed by atoms with E-state index in [-0.39, 0.29) is 18.5 Å². The molecule has 0 heterocycles. The average molecular weight is 240 g/mol. The largest absolute Gasteiger partial charge is 0.396 e. The molecule has 1 rings (SSSR count). The van der Waals surface area contributed by atoms with Crippen LogP contribution in [0.2, 0.25) is 0 Å². The van der Waals surface area contributed by atoms with Crippen LogP contribution in [0.3, 0.4) is 0 Å². The molecular formula is C12H17FN2O2. The highest BCUT2D eigenvalue weighted by atomic mass is 19.1. The quantitative estimate of drug-likeness (QED) is 0.651. The number of amides is 2. The van der Waals surface area contributed by atoms with E-state index >= 15 is 0 Å². The number of aliphatic hydroxyl groups is 1. The van der Waals surface area contributed by atoms with Crippen molar-refractivity contribution in [2.24, 2.45) is 0 Å². The van der Waals surface area contributed by atoms with Crippen LogP contribution in [0.1, 0.15) is 12.0 Å². The van der Waals surface area contributed by atoms with E-state index in [9.17, 15) is 9.18 Å². The minimum Gasteiger partial charge on any atom is -0.396 e. The lowest BCUT2D eigenvalue weighted by Gasteiger charge is -2.07. The molecule has 0 aliphatic rings. The predicted octanol–water partition coefficient (Wildman–Crippen LogP) is 1.05. The van der Waals surface area contributed by atoms with Gasteiger partial charge in [0, 0.05) is 19.7 Å². The van der Waals surface area contributed by atoms with Gasteiger partial charge >= 0.3 is 6.03 Å². The first-order valence-corrected chi connectivity index (χ1v) is 5.60. The first-order chi connectivity index (χ1) is 8.24. The number of halogens is 1. The number of hydrogen-bond donors (Lipinski definition) is 3. The zero-order valence-corrected chi connectivity index (χ0v) is 9.58. The normalized spacial score (nSPS) is 10.0. The SMILES string of the molecule is O=C(NCCCO)NCCc1ccccc1F. The number of benzene rings is 1. The molecule has 94 valence electrons. The van der Waals surface area contributed by atoms with Crippen molar-refractivity contribution in [1.82, 2.24) is 10.6 Å². The van der Waals surface area contributed by atoms with Crippen LogP contribution in [0.15, 0.2) is 24.3 Å². The molecule has 3 N–H and O–H groups in total. The Hall–Kier alpha value is -1.62. The molecule has 0 fully saturated rings. The van der Waals surface area contributed by atoms with Crippen LogP contribution in [0, 0.1) is 5.82 Å². The van der Waals surface area contributed by atoms with Gasteiger partial charge in [-0.15, -0.1) is 0 Å². The zero-order chi connectivity index (χ0) is 12.5. The monoisotopic (exact) mass is 240 g/mol. The highest BCUT2D eigenvalue weighted by molar-refractivity contribution is 5.73. The van der Waals surface area contributed by atoms with Crippen molar-refractivity contribution in [3.63, 3.8) is 0 Å². The van der Waals surface area contributed by atoms with Crippen LogP contribution in [-0.4, -0.2) is 30.8 Å². The molecule has 0 atom stereocenters. The van der Waals surface area contributed by atoms with Crippen LogP contribution in [-0.2, 0) is 6.42 Å². The second-order valence-electron chi connectivity index (χ2n) is 3.60. The number of carbonyl (C=O) groups is 1. The Kier molecular flexibility index (Phi) is 6.03. The number of carbonyl (C=O) groups excluding carboxylic acids is 1. The maximum Gasteiger partial charge on any atom is 0.314 e. The molecule has 5 heteroatoms. The fourth-order valence-corrected chi connectivity index (χ4v) is 1.36. The Labute approximate surface area is 99.8 Å². The summed E-state index contributed by atoms with van der Waals surface area (Å²) in [6, 6.07) is 6.19. The standard InChI is InChI=1S/C12H17FN2O2/c13-11-5-2-1-4-10(11)6-8-15-12(17)14-7-3-9-16/h1-2,4-5,16H,3,6-9H2,(H2,14,15,17). The molecule has 1 aromatic carbocycles. The first-order valence-electron chi connectivity index (χ1n) is 5.60. The Bertz CT molecular complexity index is 358.